The van der Waals surface area contributed by atoms with Gasteiger partial charge in [-0.25, -0.2) is 0 Å². The van der Waals surface area contributed by atoms with Gasteiger partial charge in [-0.3, -0.25) is 9.59 Å². The Balaban J connectivity index is 3.03. The molecule has 2 atom stereocenters. The first kappa shape index (κ1) is 13.9. The standard InChI is InChI=1S/C12H14O4S/c13-6-8-3-9(7-14)5-10(4-8)12(16)11(15)1-2-17/h3-7,11-12,15-17H,1-2H2. The molecule has 17 heavy (non-hydrogen) atoms. The molecule has 0 aliphatic carbocycles. The fourth-order valence-corrected chi connectivity index (χ4v) is 1.79. The van der Waals surface area contributed by atoms with Crippen molar-refractivity contribution >= 4 is 25.2 Å². The molecule has 2 unspecified atom stereocenters. The quantitative estimate of drug-likeness (QED) is 0.523. The van der Waals surface area contributed by atoms with Crippen molar-refractivity contribution in [2.75, 3.05) is 5.75 Å². The van der Waals surface area contributed by atoms with E-state index in [0.29, 0.717) is 41.4 Å². The molecular weight excluding hydrogens is 240 g/mol. The molecule has 0 radical (unpaired) electrons. The second-order valence-electron chi connectivity index (χ2n) is 3.69. The van der Waals surface area contributed by atoms with Crippen molar-refractivity contribution in [3.63, 3.8) is 0 Å². The number of rotatable bonds is 6. The number of thiol groups is 1. The van der Waals surface area contributed by atoms with Crippen molar-refractivity contribution < 1.29 is 19.8 Å². The summed E-state index contributed by atoms with van der Waals surface area (Å²) in [4.78, 5) is 21.3. The molecule has 0 aromatic heterocycles. The van der Waals surface area contributed by atoms with E-state index in [1.54, 1.807) is 0 Å². The molecule has 92 valence electrons. The molecule has 0 amide bonds. The Morgan fingerprint density at radius 2 is 1.65 bits per heavy atom. The van der Waals surface area contributed by atoms with Crippen LogP contribution in [-0.4, -0.2) is 34.6 Å². The fourth-order valence-electron chi connectivity index (χ4n) is 1.52. The molecule has 0 bridgehead atoms. The first-order chi connectivity index (χ1) is 8.12. The lowest BCUT2D eigenvalue weighted by molar-refractivity contribution is 0.0172. The highest BCUT2D eigenvalue weighted by Gasteiger charge is 2.18. The van der Waals surface area contributed by atoms with E-state index in [2.05, 4.69) is 12.6 Å². The van der Waals surface area contributed by atoms with E-state index < -0.39 is 12.2 Å². The molecule has 0 heterocycles. The van der Waals surface area contributed by atoms with Gasteiger partial charge in [0.2, 0.25) is 0 Å². The minimum atomic E-state index is -1.12. The molecule has 0 saturated heterocycles. The Hall–Kier alpha value is -1.17. The third kappa shape index (κ3) is 3.66. The second kappa shape index (κ2) is 6.54. The molecule has 0 aliphatic rings. The van der Waals surface area contributed by atoms with E-state index in [1.165, 1.54) is 18.2 Å². The lowest BCUT2D eigenvalue weighted by Gasteiger charge is -2.18. The zero-order valence-corrected chi connectivity index (χ0v) is 10.0. The first-order valence-electron chi connectivity index (χ1n) is 5.14. The third-order valence-electron chi connectivity index (χ3n) is 2.40. The van der Waals surface area contributed by atoms with Crippen molar-refractivity contribution in [1.29, 1.82) is 0 Å². The summed E-state index contributed by atoms with van der Waals surface area (Å²) in [5.74, 6) is 0.437. The molecule has 1 aromatic rings. The summed E-state index contributed by atoms with van der Waals surface area (Å²) in [6, 6.07) is 4.32. The maximum Gasteiger partial charge on any atom is 0.150 e. The van der Waals surface area contributed by atoms with E-state index in [9.17, 15) is 19.8 Å². The van der Waals surface area contributed by atoms with Gasteiger partial charge in [-0.1, -0.05) is 0 Å². The van der Waals surface area contributed by atoms with Crippen LogP contribution >= 0.6 is 12.6 Å². The maximum atomic E-state index is 10.7. The minimum Gasteiger partial charge on any atom is -0.390 e. The van der Waals surface area contributed by atoms with Crippen molar-refractivity contribution in [1.82, 2.24) is 0 Å². The van der Waals surface area contributed by atoms with Gasteiger partial charge in [0.1, 0.15) is 18.7 Å². The van der Waals surface area contributed by atoms with Crippen molar-refractivity contribution in [3.05, 3.63) is 34.9 Å². The van der Waals surface area contributed by atoms with Gasteiger partial charge in [0.15, 0.2) is 0 Å². The summed E-state index contributed by atoms with van der Waals surface area (Å²) in [5.41, 5.74) is 0.939. The smallest absolute Gasteiger partial charge is 0.150 e. The topological polar surface area (TPSA) is 74.6 Å². The van der Waals surface area contributed by atoms with Gasteiger partial charge in [0, 0.05) is 11.1 Å². The third-order valence-corrected chi connectivity index (χ3v) is 2.66. The van der Waals surface area contributed by atoms with Crippen LogP contribution in [0.2, 0.25) is 0 Å². The van der Waals surface area contributed by atoms with Gasteiger partial charge < -0.3 is 10.2 Å². The van der Waals surface area contributed by atoms with E-state index in [0.717, 1.165) is 0 Å². The van der Waals surface area contributed by atoms with Gasteiger partial charge in [-0.15, -0.1) is 0 Å². The number of aldehydes is 2. The van der Waals surface area contributed by atoms with E-state index in [4.69, 9.17) is 0 Å². The Labute approximate surface area is 105 Å². The van der Waals surface area contributed by atoms with Crippen LogP contribution in [0.1, 0.15) is 38.8 Å². The molecule has 1 rings (SSSR count). The molecule has 0 spiro atoms. The summed E-state index contributed by atoms with van der Waals surface area (Å²) in [6.45, 7) is 0. The molecule has 0 saturated carbocycles. The van der Waals surface area contributed by atoms with Crippen molar-refractivity contribution in [3.8, 4) is 0 Å². The molecule has 0 fully saturated rings. The molecule has 5 heteroatoms. The minimum absolute atomic E-state index is 0.293. The SMILES string of the molecule is O=Cc1cc(C=O)cc(C(O)C(O)CCS)c1. The monoisotopic (exact) mass is 254 g/mol. The molecular formula is C12H14O4S. The van der Waals surface area contributed by atoms with Gasteiger partial charge in [-0.05, 0) is 35.9 Å². The predicted molar refractivity (Wildman–Crippen MR) is 66.7 cm³/mol. The Bertz CT molecular complexity index is 379. The zero-order valence-electron chi connectivity index (χ0n) is 9.11. The van der Waals surface area contributed by atoms with Crippen LogP contribution in [0.25, 0.3) is 0 Å². The number of aliphatic hydroxyl groups is 2. The second-order valence-corrected chi connectivity index (χ2v) is 4.14. The normalized spacial score (nSPS) is 14.1. The molecule has 1 aromatic carbocycles. The number of benzene rings is 1. The number of aliphatic hydroxyl groups excluding tert-OH is 2. The lowest BCUT2D eigenvalue weighted by Crippen LogP contribution is -2.19. The van der Waals surface area contributed by atoms with Crippen LogP contribution in [-0.2, 0) is 0 Å². The number of hydrogen-bond acceptors (Lipinski definition) is 5. The average molecular weight is 254 g/mol. The van der Waals surface area contributed by atoms with E-state index in [-0.39, 0.29) is 0 Å². The number of hydrogen-bond donors (Lipinski definition) is 3. The highest BCUT2D eigenvalue weighted by Crippen LogP contribution is 2.21. The summed E-state index contributed by atoms with van der Waals surface area (Å²) >= 11 is 3.96. The van der Waals surface area contributed by atoms with Crippen LogP contribution in [0.3, 0.4) is 0 Å². The van der Waals surface area contributed by atoms with Crippen LogP contribution in [0, 0.1) is 0 Å². The Morgan fingerprint density at radius 1 is 1.12 bits per heavy atom. The summed E-state index contributed by atoms with van der Waals surface area (Å²) in [7, 11) is 0. The van der Waals surface area contributed by atoms with Crippen molar-refractivity contribution in [2.45, 2.75) is 18.6 Å². The van der Waals surface area contributed by atoms with Gasteiger partial charge in [0.25, 0.3) is 0 Å². The lowest BCUT2D eigenvalue weighted by atomic mass is 9.98. The van der Waals surface area contributed by atoms with Gasteiger partial charge in [-0.2, -0.15) is 12.6 Å². The number of carbonyl (C=O) groups is 2. The molecule has 4 nitrogen and oxygen atoms in total. The van der Waals surface area contributed by atoms with Crippen LogP contribution in [0.5, 0.6) is 0 Å². The Kier molecular flexibility index (Phi) is 5.34. The highest BCUT2D eigenvalue weighted by molar-refractivity contribution is 7.80. The maximum absolute atomic E-state index is 10.7. The van der Waals surface area contributed by atoms with Gasteiger partial charge >= 0.3 is 0 Å². The van der Waals surface area contributed by atoms with E-state index in [1.807, 2.05) is 0 Å². The average Bonchev–Trinajstić information content (AvgIpc) is 2.37. The summed E-state index contributed by atoms with van der Waals surface area (Å²) in [5, 5.41) is 19.5. The van der Waals surface area contributed by atoms with Crippen LogP contribution in [0.15, 0.2) is 18.2 Å². The first-order valence-corrected chi connectivity index (χ1v) is 5.78. The summed E-state index contributed by atoms with van der Waals surface area (Å²) < 4.78 is 0. The highest BCUT2D eigenvalue weighted by atomic mass is 32.1. The zero-order chi connectivity index (χ0) is 12.8. The fraction of sp³-hybridized carbons (Fsp3) is 0.333. The van der Waals surface area contributed by atoms with Gasteiger partial charge in [0.05, 0.1) is 6.10 Å². The summed E-state index contributed by atoms with van der Waals surface area (Å²) in [6.07, 6.45) is -0.580. The molecule has 2 N–H and O–H groups in total. The van der Waals surface area contributed by atoms with E-state index >= 15 is 0 Å². The molecule has 0 aliphatic heterocycles. The predicted octanol–water partition coefficient (Wildman–Crippen LogP) is 1.03. The number of carbonyl (C=O) groups excluding carboxylic acids is 2. The van der Waals surface area contributed by atoms with Crippen LogP contribution in [0.4, 0.5) is 0 Å². The largest absolute Gasteiger partial charge is 0.390 e. The Morgan fingerprint density at radius 3 is 2.06 bits per heavy atom. The van der Waals surface area contributed by atoms with Crippen LogP contribution < -0.4 is 0 Å². The van der Waals surface area contributed by atoms with Crippen molar-refractivity contribution in [2.24, 2.45) is 0 Å².